The van der Waals surface area contributed by atoms with Gasteiger partial charge in [0.25, 0.3) is 11.8 Å². The predicted octanol–water partition coefficient (Wildman–Crippen LogP) is 2.87. The van der Waals surface area contributed by atoms with Gasteiger partial charge in [-0.25, -0.2) is 4.98 Å². The molecule has 1 aromatic carbocycles. The molecule has 0 bridgehead atoms. The van der Waals surface area contributed by atoms with Crippen LogP contribution in [0.2, 0.25) is 0 Å². The van der Waals surface area contributed by atoms with Crippen molar-refractivity contribution in [2.24, 2.45) is 0 Å². The number of aryl methyl sites for hydroxylation is 3. The molecule has 0 atom stereocenters. The zero-order valence-corrected chi connectivity index (χ0v) is 14.9. The molecule has 1 aromatic heterocycles. The van der Waals surface area contributed by atoms with Crippen LogP contribution in [0.15, 0.2) is 30.3 Å². The molecule has 2 rings (SSSR count). The minimum Gasteiger partial charge on any atom is -0.483 e. The van der Waals surface area contributed by atoms with E-state index >= 15 is 0 Å². The number of hydrogen-bond donors (Lipinski definition) is 2. The summed E-state index contributed by atoms with van der Waals surface area (Å²) < 4.78 is 43.2. The molecule has 0 aliphatic heterocycles. The minimum absolute atomic E-state index is 0.0845. The number of benzene rings is 1. The van der Waals surface area contributed by atoms with Crippen LogP contribution in [0.3, 0.4) is 0 Å². The van der Waals surface area contributed by atoms with Gasteiger partial charge in [-0.05, 0) is 50.1 Å². The quantitative estimate of drug-likeness (QED) is 0.798. The monoisotopic (exact) mass is 381 g/mol. The Balaban J connectivity index is 1.91. The highest BCUT2D eigenvalue weighted by atomic mass is 19.4. The molecule has 0 spiro atoms. The van der Waals surface area contributed by atoms with Crippen molar-refractivity contribution >= 4 is 11.8 Å². The fourth-order valence-corrected chi connectivity index (χ4v) is 2.19. The van der Waals surface area contributed by atoms with Crippen LogP contribution in [0.5, 0.6) is 5.75 Å². The van der Waals surface area contributed by atoms with E-state index in [1.165, 1.54) is 6.92 Å². The highest BCUT2D eigenvalue weighted by Crippen LogP contribution is 2.28. The molecule has 0 fully saturated rings. The Morgan fingerprint density at radius 3 is 2.41 bits per heavy atom. The summed E-state index contributed by atoms with van der Waals surface area (Å²) in [6.07, 6.45) is -4.60. The topological polar surface area (TPSA) is 80.3 Å². The number of nitrogens with one attached hydrogen (secondary N) is 2. The number of rotatable bonds is 4. The Morgan fingerprint density at radius 2 is 1.78 bits per heavy atom. The second-order valence-electron chi connectivity index (χ2n) is 5.89. The minimum atomic E-state index is -4.60. The highest BCUT2D eigenvalue weighted by molar-refractivity contribution is 5.96. The van der Waals surface area contributed by atoms with E-state index < -0.39 is 23.7 Å². The maximum absolute atomic E-state index is 12.6. The van der Waals surface area contributed by atoms with Crippen molar-refractivity contribution in [1.29, 1.82) is 0 Å². The molecule has 9 heteroatoms. The number of carbonyl (C=O) groups is 2. The zero-order chi connectivity index (χ0) is 20.2. The van der Waals surface area contributed by atoms with Crippen LogP contribution < -0.4 is 15.6 Å². The van der Waals surface area contributed by atoms with Gasteiger partial charge in [0.2, 0.25) is 0 Å². The number of alkyl halides is 3. The Labute approximate surface area is 153 Å². The van der Waals surface area contributed by atoms with Crippen LogP contribution >= 0.6 is 0 Å². The van der Waals surface area contributed by atoms with Crippen LogP contribution in [0, 0.1) is 20.8 Å². The Hall–Kier alpha value is -3.10. The molecule has 0 saturated heterocycles. The third-order valence-electron chi connectivity index (χ3n) is 3.64. The largest absolute Gasteiger partial charge is 0.483 e. The molecule has 0 aliphatic rings. The number of halogens is 3. The Bertz CT molecular complexity index is 867. The average molecular weight is 381 g/mol. The molecule has 0 unspecified atom stereocenters. The molecular formula is C18H18F3N3O3. The van der Waals surface area contributed by atoms with Crippen molar-refractivity contribution in [1.82, 2.24) is 15.8 Å². The Kier molecular flexibility index (Phi) is 6.04. The molecule has 2 aromatic rings. The van der Waals surface area contributed by atoms with Crippen molar-refractivity contribution in [2.75, 3.05) is 6.61 Å². The number of hydrogen-bond acceptors (Lipinski definition) is 4. The van der Waals surface area contributed by atoms with Crippen LogP contribution in [0.4, 0.5) is 13.2 Å². The predicted molar refractivity (Wildman–Crippen MR) is 91.0 cm³/mol. The fraction of sp³-hybridized carbons (Fsp3) is 0.278. The first-order chi connectivity index (χ1) is 12.6. The summed E-state index contributed by atoms with van der Waals surface area (Å²) in [5.74, 6) is -0.866. The number of aromatic nitrogens is 1. The van der Waals surface area contributed by atoms with Crippen molar-refractivity contribution in [3.8, 4) is 5.75 Å². The molecule has 27 heavy (non-hydrogen) atoms. The number of hydrazine groups is 1. The summed E-state index contributed by atoms with van der Waals surface area (Å²) in [4.78, 5) is 27.2. The van der Waals surface area contributed by atoms with Crippen molar-refractivity contribution in [3.05, 3.63) is 58.4 Å². The molecule has 1 heterocycles. The van der Waals surface area contributed by atoms with Crippen LogP contribution in [0.25, 0.3) is 0 Å². The van der Waals surface area contributed by atoms with Gasteiger partial charge in [-0.15, -0.1) is 0 Å². The number of nitrogens with zero attached hydrogens (tertiary/aromatic N) is 1. The summed E-state index contributed by atoms with van der Waals surface area (Å²) in [6, 6.07) is 7.23. The summed E-state index contributed by atoms with van der Waals surface area (Å²) >= 11 is 0. The van der Waals surface area contributed by atoms with Crippen LogP contribution in [-0.4, -0.2) is 23.4 Å². The number of ether oxygens (including phenoxy) is 1. The molecule has 144 valence electrons. The molecule has 0 radical (unpaired) electrons. The lowest BCUT2D eigenvalue weighted by Crippen LogP contribution is -2.44. The lowest BCUT2D eigenvalue weighted by atomic mass is 10.1. The van der Waals surface area contributed by atoms with Gasteiger partial charge in [-0.3, -0.25) is 20.4 Å². The van der Waals surface area contributed by atoms with Gasteiger partial charge in [0.1, 0.15) is 11.4 Å². The Morgan fingerprint density at radius 1 is 1.07 bits per heavy atom. The summed E-state index contributed by atoms with van der Waals surface area (Å²) in [5.41, 5.74) is 4.79. The van der Waals surface area contributed by atoms with E-state index in [2.05, 4.69) is 15.8 Å². The normalized spacial score (nSPS) is 11.0. The molecule has 2 amide bonds. The third-order valence-corrected chi connectivity index (χ3v) is 3.64. The van der Waals surface area contributed by atoms with E-state index in [-0.39, 0.29) is 17.9 Å². The smallest absolute Gasteiger partial charge is 0.433 e. The van der Waals surface area contributed by atoms with Gasteiger partial charge < -0.3 is 4.74 Å². The molecule has 0 saturated carbocycles. The third kappa shape index (κ3) is 5.44. The molecule has 0 aliphatic carbocycles. The zero-order valence-electron chi connectivity index (χ0n) is 14.9. The average Bonchev–Trinajstić information content (AvgIpc) is 2.59. The molecular weight excluding hydrogens is 363 g/mol. The standard InChI is InChI=1S/C18H18F3N3O3/c1-10-4-5-11(2)14(8-10)27-9-16(25)23-24-17(26)13-6-7-15(18(19,20)21)22-12(13)3/h4-8H,9H2,1-3H3,(H,23,25)(H,24,26). The van der Waals surface area contributed by atoms with Gasteiger partial charge in [0.05, 0.1) is 11.3 Å². The highest BCUT2D eigenvalue weighted by Gasteiger charge is 2.33. The second kappa shape index (κ2) is 8.07. The maximum atomic E-state index is 12.6. The first kappa shape index (κ1) is 20.2. The van der Waals surface area contributed by atoms with Crippen LogP contribution in [0.1, 0.15) is 32.9 Å². The van der Waals surface area contributed by atoms with E-state index in [0.717, 1.165) is 17.2 Å². The number of pyridine rings is 1. The summed E-state index contributed by atoms with van der Waals surface area (Å²) in [6.45, 7) is 4.65. The van der Waals surface area contributed by atoms with Gasteiger partial charge in [0.15, 0.2) is 6.61 Å². The van der Waals surface area contributed by atoms with E-state index in [0.29, 0.717) is 11.8 Å². The second-order valence-corrected chi connectivity index (χ2v) is 5.89. The molecule has 6 nitrogen and oxygen atoms in total. The van der Waals surface area contributed by atoms with E-state index in [9.17, 15) is 22.8 Å². The van der Waals surface area contributed by atoms with Crippen molar-refractivity contribution in [3.63, 3.8) is 0 Å². The fourth-order valence-electron chi connectivity index (χ4n) is 2.19. The number of carbonyl (C=O) groups excluding carboxylic acids is 2. The van der Waals surface area contributed by atoms with Gasteiger partial charge in [-0.2, -0.15) is 13.2 Å². The van der Waals surface area contributed by atoms with Gasteiger partial charge >= 0.3 is 6.18 Å². The van der Waals surface area contributed by atoms with Crippen molar-refractivity contribution in [2.45, 2.75) is 26.9 Å². The maximum Gasteiger partial charge on any atom is 0.433 e. The van der Waals surface area contributed by atoms with Crippen LogP contribution in [-0.2, 0) is 11.0 Å². The van der Waals surface area contributed by atoms with E-state index in [1.807, 2.05) is 26.0 Å². The first-order valence-electron chi connectivity index (χ1n) is 7.92. The lowest BCUT2D eigenvalue weighted by molar-refractivity contribution is -0.141. The van der Waals surface area contributed by atoms with Gasteiger partial charge in [0, 0.05) is 0 Å². The molecule has 2 N–H and O–H groups in total. The van der Waals surface area contributed by atoms with E-state index in [1.54, 1.807) is 6.07 Å². The summed E-state index contributed by atoms with van der Waals surface area (Å²) in [7, 11) is 0. The lowest BCUT2D eigenvalue weighted by Gasteiger charge is -2.12. The van der Waals surface area contributed by atoms with Gasteiger partial charge in [-0.1, -0.05) is 12.1 Å². The van der Waals surface area contributed by atoms with Crippen molar-refractivity contribution < 1.29 is 27.5 Å². The first-order valence-corrected chi connectivity index (χ1v) is 7.92. The summed E-state index contributed by atoms with van der Waals surface area (Å²) in [5, 5.41) is 0. The number of amides is 2. The SMILES string of the molecule is Cc1ccc(C)c(OCC(=O)NNC(=O)c2ccc(C(F)(F)F)nc2C)c1. The van der Waals surface area contributed by atoms with E-state index in [4.69, 9.17) is 4.74 Å².